The number of unbranched alkanes of at least 4 members (excludes halogenated alkanes) is 5. The molecule has 3 aromatic rings. The molecule has 3 nitrogen and oxygen atoms in total. The van der Waals surface area contributed by atoms with Crippen LogP contribution in [0.2, 0.25) is 0 Å². The summed E-state index contributed by atoms with van der Waals surface area (Å²) in [6, 6.07) is 7.36. The second-order valence-corrected chi connectivity index (χ2v) is 10.3. The van der Waals surface area contributed by atoms with E-state index in [4.69, 9.17) is 9.15 Å². The molecule has 7 heteroatoms. The molecular weight excluding hydrogens is 511 g/mol. The fourth-order valence-corrected chi connectivity index (χ4v) is 5.95. The number of rotatable bonds is 9. The number of fused-ring (bicyclic) bond motifs is 1. The van der Waals surface area contributed by atoms with Crippen molar-refractivity contribution in [3.05, 3.63) is 49.0 Å². The second kappa shape index (κ2) is 10.0. The highest BCUT2D eigenvalue weighted by Gasteiger charge is 2.27. The van der Waals surface area contributed by atoms with Crippen LogP contribution in [0.15, 0.2) is 36.3 Å². The number of benzene rings is 1. The topological polar surface area (TPSA) is 39.4 Å². The predicted octanol–water partition coefficient (Wildman–Crippen LogP) is 8.28. The monoisotopic (exact) mass is 530 g/mol. The lowest BCUT2D eigenvalue weighted by atomic mass is 10.0. The zero-order valence-corrected chi connectivity index (χ0v) is 19.5. The molecule has 0 saturated heterocycles. The van der Waals surface area contributed by atoms with Crippen LogP contribution < -0.4 is 4.74 Å². The summed E-state index contributed by atoms with van der Waals surface area (Å²) in [6.07, 6.45) is 8.54. The van der Waals surface area contributed by atoms with E-state index in [1.54, 1.807) is 12.1 Å². The van der Waals surface area contributed by atoms with Crippen molar-refractivity contribution >= 4 is 60.1 Å². The van der Waals surface area contributed by atoms with E-state index < -0.39 is 17.5 Å². The molecule has 0 aliphatic heterocycles. The zero-order chi connectivity index (χ0) is 20.1. The first-order valence-corrected chi connectivity index (χ1v) is 11.8. The Kier molecular flexibility index (Phi) is 7.71. The summed E-state index contributed by atoms with van der Waals surface area (Å²) >= 11 is 7.87. The molecule has 1 aromatic carbocycles. The van der Waals surface area contributed by atoms with Crippen LogP contribution in [-0.2, 0) is 6.42 Å². The molecule has 3 rings (SSSR count). The molecule has 0 unspecified atom stereocenters. The number of hydrogen-bond acceptors (Lipinski definition) is 4. The number of aryl methyl sites for hydroxylation is 1. The SMILES string of the molecule is CCCCCCCCc1ccc(OC(=O)c2oc3c(Br)sc(Br)c3c2F)cc1. The number of ether oxygens (including phenoxy) is 1. The van der Waals surface area contributed by atoms with Gasteiger partial charge in [-0.2, -0.15) is 0 Å². The molecule has 0 amide bonds. The number of furan rings is 1. The van der Waals surface area contributed by atoms with Crippen LogP contribution in [0.25, 0.3) is 11.0 Å². The van der Waals surface area contributed by atoms with Crippen LogP contribution in [0.4, 0.5) is 4.39 Å². The third-order valence-corrected chi connectivity index (χ3v) is 7.02. The summed E-state index contributed by atoms with van der Waals surface area (Å²) in [6.45, 7) is 2.22. The minimum absolute atomic E-state index is 0.248. The van der Waals surface area contributed by atoms with Gasteiger partial charge in [0.1, 0.15) is 9.54 Å². The molecule has 0 spiro atoms. The van der Waals surface area contributed by atoms with Gasteiger partial charge in [-0.25, -0.2) is 9.18 Å². The Morgan fingerprint density at radius 1 is 1.07 bits per heavy atom. The van der Waals surface area contributed by atoms with Crippen molar-refractivity contribution in [3.8, 4) is 5.75 Å². The Labute approximate surface area is 184 Å². The molecule has 0 aliphatic rings. The number of carbonyl (C=O) groups excluding carboxylic acids is 1. The molecular formula is C21H21Br2FO3S. The van der Waals surface area contributed by atoms with Crippen molar-refractivity contribution < 1.29 is 18.3 Å². The van der Waals surface area contributed by atoms with E-state index in [2.05, 4.69) is 38.8 Å². The quantitative estimate of drug-likeness (QED) is 0.158. The summed E-state index contributed by atoms with van der Waals surface area (Å²) in [5, 5.41) is 0.248. The Hall–Kier alpha value is -1.18. The van der Waals surface area contributed by atoms with Gasteiger partial charge in [0.05, 0.1) is 9.17 Å². The third kappa shape index (κ3) is 5.05. The lowest BCUT2D eigenvalue weighted by Gasteiger charge is -2.05. The van der Waals surface area contributed by atoms with Crippen LogP contribution in [0, 0.1) is 5.82 Å². The van der Waals surface area contributed by atoms with Gasteiger partial charge in [-0.3, -0.25) is 0 Å². The minimum atomic E-state index is -0.846. The minimum Gasteiger partial charge on any atom is -0.444 e. The maximum Gasteiger partial charge on any atom is 0.382 e. The van der Waals surface area contributed by atoms with E-state index in [0.29, 0.717) is 18.9 Å². The summed E-state index contributed by atoms with van der Waals surface area (Å²) in [4.78, 5) is 12.3. The molecule has 150 valence electrons. The Bertz CT molecular complexity index is 947. The highest BCUT2D eigenvalue weighted by atomic mass is 79.9. The number of thiophene rings is 1. The standard InChI is InChI=1S/C21H21Br2FO3S/c1-2-3-4-5-6-7-8-13-9-11-14(12-10-13)26-21(25)18-16(24)15-17(27-18)20(23)28-19(15)22/h9-12H,2-8H2,1H3. The van der Waals surface area contributed by atoms with Crippen LogP contribution in [-0.4, -0.2) is 5.97 Å². The van der Waals surface area contributed by atoms with E-state index in [0.717, 1.165) is 12.8 Å². The van der Waals surface area contributed by atoms with Gasteiger partial charge in [-0.05, 0) is 62.4 Å². The Balaban J connectivity index is 1.57. The molecule has 0 N–H and O–H groups in total. The summed E-state index contributed by atoms with van der Waals surface area (Å²) in [5.74, 6) is -1.61. The number of carbonyl (C=O) groups is 1. The zero-order valence-electron chi connectivity index (χ0n) is 15.5. The fraction of sp³-hybridized carbons (Fsp3) is 0.381. The van der Waals surface area contributed by atoms with Gasteiger partial charge in [0, 0.05) is 0 Å². The average molecular weight is 532 g/mol. The summed E-state index contributed by atoms with van der Waals surface area (Å²) in [5.41, 5.74) is 1.50. The fourth-order valence-electron chi connectivity index (χ4n) is 3.02. The van der Waals surface area contributed by atoms with Crippen molar-refractivity contribution in [1.29, 1.82) is 0 Å². The van der Waals surface area contributed by atoms with Crippen molar-refractivity contribution in [2.75, 3.05) is 0 Å². The van der Waals surface area contributed by atoms with Crippen molar-refractivity contribution in [1.82, 2.24) is 0 Å². The first-order chi connectivity index (χ1) is 13.5. The molecule has 28 heavy (non-hydrogen) atoms. The van der Waals surface area contributed by atoms with Crippen molar-refractivity contribution in [2.24, 2.45) is 0 Å². The normalized spacial score (nSPS) is 11.3. The van der Waals surface area contributed by atoms with Gasteiger partial charge in [-0.15, -0.1) is 11.3 Å². The van der Waals surface area contributed by atoms with Gasteiger partial charge in [-0.1, -0.05) is 51.2 Å². The maximum atomic E-state index is 14.5. The predicted molar refractivity (Wildman–Crippen MR) is 118 cm³/mol. The molecule has 0 radical (unpaired) electrons. The molecule has 0 fully saturated rings. The van der Waals surface area contributed by atoms with E-state index in [9.17, 15) is 9.18 Å². The average Bonchev–Trinajstić information content (AvgIpc) is 3.17. The first-order valence-electron chi connectivity index (χ1n) is 9.38. The van der Waals surface area contributed by atoms with Crippen LogP contribution in [0.1, 0.15) is 61.6 Å². The third-order valence-electron chi connectivity index (χ3n) is 4.54. The van der Waals surface area contributed by atoms with Gasteiger partial charge in [0.15, 0.2) is 11.4 Å². The van der Waals surface area contributed by atoms with E-state index >= 15 is 0 Å². The van der Waals surface area contributed by atoms with Gasteiger partial charge < -0.3 is 9.15 Å². The van der Waals surface area contributed by atoms with Crippen LogP contribution >= 0.6 is 43.2 Å². The molecule has 2 heterocycles. The lowest BCUT2D eigenvalue weighted by molar-refractivity contribution is 0.0697. The van der Waals surface area contributed by atoms with Crippen LogP contribution in [0.3, 0.4) is 0 Å². The molecule has 0 bridgehead atoms. The smallest absolute Gasteiger partial charge is 0.382 e. The Morgan fingerprint density at radius 3 is 2.43 bits per heavy atom. The Morgan fingerprint density at radius 2 is 1.75 bits per heavy atom. The highest BCUT2D eigenvalue weighted by molar-refractivity contribution is 9.12. The van der Waals surface area contributed by atoms with Gasteiger partial charge >= 0.3 is 5.97 Å². The maximum absolute atomic E-state index is 14.5. The largest absolute Gasteiger partial charge is 0.444 e. The van der Waals surface area contributed by atoms with Crippen LogP contribution in [0.5, 0.6) is 5.75 Å². The number of esters is 1. The van der Waals surface area contributed by atoms with E-state index in [1.807, 2.05) is 12.1 Å². The molecule has 0 atom stereocenters. The molecule has 2 aromatic heterocycles. The second-order valence-electron chi connectivity index (χ2n) is 6.65. The van der Waals surface area contributed by atoms with E-state index in [1.165, 1.54) is 49.0 Å². The number of halogens is 3. The first kappa shape index (κ1) is 21.5. The van der Waals surface area contributed by atoms with Crippen molar-refractivity contribution in [2.45, 2.75) is 51.9 Å². The molecule has 0 aliphatic carbocycles. The van der Waals surface area contributed by atoms with Crippen molar-refractivity contribution in [3.63, 3.8) is 0 Å². The highest BCUT2D eigenvalue weighted by Crippen LogP contribution is 2.42. The van der Waals surface area contributed by atoms with Gasteiger partial charge in [0.2, 0.25) is 5.76 Å². The molecule has 0 saturated carbocycles. The summed E-state index contributed by atoms with van der Waals surface area (Å²) in [7, 11) is 0. The van der Waals surface area contributed by atoms with E-state index in [-0.39, 0.29) is 5.39 Å². The number of hydrogen-bond donors (Lipinski definition) is 0. The van der Waals surface area contributed by atoms with Gasteiger partial charge in [0.25, 0.3) is 0 Å². The lowest BCUT2D eigenvalue weighted by Crippen LogP contribution is -2.09. The summed E-state index contributed by atoms with van der Waals surface area (Å²) < 4.78 is 26.4.